The Kier molecular flexibility index (Phi) is 5.76. The van der Waals surface area contributed by atoms with E-state index in [1.165, 1.54) is 15.6 Å². The molecule has 0 aliphatic carbocycles. The van der Waals surface area contributed by atoms with E-state index in [4.69, 9.17) is 0 Å². The van der Waals surface area contributed by atoms with Crippen molar-refractivity contribution in [1.29, 1.82) is 0 Å². The molecule has 0 atom stereocenters. The van der Waals surface area contributed by atoms with Crippen LogP contribution in [0.2, 0.25) is 0 Å². The Morgan fingerprint density at radius 2 is 1.79 bits per heavy atom. The fraction of sp³-hybridized carbons (Fsp3) is 0.348. The van der Waals surface area contributed by atoms with E-state index < -0.39 is 0 Å². The molecule has 1 saturated heterocycles. The molecule has 1 aliphatic heterocycles. The van der Waals surface area contributed by atoms with Gasteiger partial charge in [0.15, 0.2) is 0 Å². The molecule has 0 spiro atoms. The van der Waals surface area contributed by atoms with Crippen molar-refractivity contribution in [3.8, 4) is 0 Å². The predicted octanol–water partition coefficient (Wildman–Crippen LogP) is 3.89. The van der Waals surface area contributed by atoms with Gasteiger partial charge in [0, 0.05) is 44.0 Å². The maximum atomic E-state index is 12.7. The molecule has 4 rings (SSSR count). The Morgan fingerprint density at radius 3 is 2.57 bits per heavy atom. The van der Waals surface area contributed by atoms with E-state index >= 15 is 0 Å². The maximum Gasteiger partial charge on any atom is 0.261 e. The Bertz CT molecular complexity index is 973. The number of hydrogen-bond acceptors (Lipinski definition) is 4. The summed E-state index contributed by atoms with van der Waals surface area (Å²) in [6.07, 6.45) is 0. The van der Waals surface area contributed by atoms with Gasteiger partial charge in [-0.1, -0.05) is 42.5 Å². The molecular formula is C23H27N3OS. The van der Waals surface area contributed by atoms with E-state index in [0.29, 0.717) is 6.54 Å². The summed E-state index contributed by atoms with van der Waals surface area (Å²) in [6.45, 7) is 8.05. The third kappa shape index (κ3) is 4.27. The highest BCUT2D eigenvalue weighted by Gasteiger charge is 2.16. The number of amides is 1. The largest absolute Gasteiger partial charge is 0.347 e. The molecule has 0 radical (unpaired) electrons. The van der Waals surface area contributed by atoms with Gasteiger partial charge in [-0.15, -0.1) is 11.3 Å². The Morgan fingerprint density at radius 1 is 1.04 bits per heavy atom. The minimum absolute atomic E-state index is 0.0168. The Labute approximate surface area is 170 Å². The van der Waals surface area contributed by atoms with E-state index in [-0.39, 0.29) is 5.91 Å². The van der Waals surface area contributed by atoms with Crippen molar-refractivity contribution in [2.24, 2.45) is 0 Å². The number of benzene rings is 2. The molecule has 146 valence electrons. The smallest absolute Gasteiger partial charge is 0.261 e. The molecule has 1 aromatic heterocycles. The molecule has 0 saturated carbocycles. The van der Waals surface area contributed by atoms with Gasteiger partial charge in [-0.3, -0.25) is 9.69 Å². The van der Waals surface area contributed by atoms with Crippen molar-refractivity contribution in [3.63, 3.8) is 0 Å². The minimum atomic E-state index is 0.0168. The lowest BCUT2D eigenvalue weighted by atomic mass is 10.1. The molecule has 1 aliphatic rings. The number of hydrogen-bond donors (Lipinski definition) is 1. The number of fused-ring (bicyclic) bond motifs is 1. The van der Waals surface area contributed by atoms with E-state index in [1.54, 1.807) is 11.3 Å². The average Bonchev–Trinajstić information content (AvgIpc) is 3.05. The zero-order chi connectivity index (χ0) is 19.5. The van der Waals surface area contributed by atoms with Gasteiger partial charge in [0.2, 0.25) is 0 Å². The summed E-state index contributed by atoms with van der Waals surface area (Å²) in [7, 11) is 2.18. The molecule has 28 heavy (non-hydrogen) atoms. The zero-order valence-electron chi connectivity index (χ0n) is 16.6. The van der Waals surface area contributed by atoms with Crippen molar-refractivity contribution >= 4 is 27.3 Å². The van der Waals surface area contributed by atoms with Crippen LogP contribution in [0, 0.1) is 6.92 Å². The number of thiophene rings is 1. The molecule has 3 aromatic rings. The van der Waals surface area contributed by atoms with E-state index in [9.17, 15) is 4.79 Å². The van der Waals surface area contributed by atoms with Crippen LogP contribution < -0.4 is 5.32 Å². The van der Waals surface area contributed by atoms with E-state index in [0.717, 1.165) is 48.7 Å². The lowest BCUT2D eigenvalue weighted by Crippen LogP contribution is -2.43. The van der Waals surface area contributed by atoms with Crippen LogP contribution in [-0.4, -0.2) is 48.9 Å². The number of rotatable bonds is 5. The minimum Gasteiger partial charge on any atom is -0.347 e. The summed E-state index contributed by atoms with van der Waals surface area (Å²) < 4.78 is 1.17. The van der Waals surface area contributed by atoms with Gasteiger partial charge in [0.1, 0.15) is 0 Å². The molecule has 5 heteroatoms. The van der Waals surface area contributed by atoms with Gasteiger partial charge < -0.3 is 10.2 Å². The van der Waals surface area contributed by atoms with Crippen LogP contribution >= 0.6 is 11.3 Å². The second kappa shape index (κ2) is 8.43. The molecule has 2 aromatic carbocycles. The fourth-order valence-corrected chi connectivity index (χ4v) is 4.88. The second-order valence-corrected chi connectivity index (χ2v) is 8.69. The van der Waals surface area contributed by atoms with Gasteiger partial charge in [0.25, 0.3) is 5.91 Å². The first-order valence-electron chi connectivity index (χ1n) is 9.85. The fourth-order valence-electron chi connectivity index (χ4n) is 3.76. The number of aryl methyl sites for hydroxylation is 1. The van der Waals surface area contributed by atoms with Crippen LogP contribution in [0.5, 0.6) is 0 Å². The number of carbonyl (C=O) groups is 1. The molecule has 2 heterocycles. The molecular weight excluding hydrogens is 366 g/mol. The summed E-state index contributed by atoms with van der Waals surface area (Å²) in [6, 6.07) is 16.8. The Hall–Kier alpha value is -2.21. The zero-order valence-corrected chi connectivity index (χ0v) is 17.4. The summed E-state index contributed by atoms with van der Waals surface area (Å²) in [5.74, 6) is 0.0168. The first-order chi connectivity index (χ1) is 13.6. The van der Waals surface area contributed by atoms with Gasteiger partial charge in [0.05, 0.1) is 4.88 Å². The van der Waals surface area contributed by atoms with Crippen LogP contribution in [-0.2, 0) is 13.1 Å². The van der Waals surface area contributed by atoms with E-state index in [1.807, 2.05) is 19.1 Å². The lowest BCUT2D eigenvalue weighted by molar-refractivity contribution is 0.0954. The van der Waals surface area contributed by atoms with Crippen molar-refractivity contribution in [2.75, 3.05) is 33.2 Å². The van der Waals surface area contributed by atoms with Crippen molar-refractivity contribution in [1.82, 2.24) is 15.1 Å². The molecule has 0 unspecified atom stereocenters. The molecule has 0 bridgehead atoms. The average molecular weight is 394 g/mol. The third-order valence-electron chi connectivity index (χ3n) is 5.50. The normalized spacial score (nSPS) is 15.8. The van der Waals surface area contributed by atoms with E-state index in [2.05, 4.69) is 58.6 Å². The number of nitrogens with one attached hydrogen (secondary N) is 1. The number of likely N-dealkylation sites (N-methyl/N-ethyl adjacent to an activating group) is 1. The second-order valence-electron chi connectivity index (χ2n) is 7.63. The van der Waals surface area contributed by atoms with Crippen molar-refractivity contribution in [2.45, 2.75) is 20.0 Å². The molecule has 1 amide bonds. The Balaban J connectivity index is 1.39. The van der Waals surface area contributed by atoms with Crippen LogP contribution in [0.15, 0.2) is 48.5 Å². The quantitative estimate of drug-likeness (QED) is 0.714. The summed E-state index contributed by atoms with van der Waals surface area (Å²) in [4.78, 5) is 18.4. The first-order valence-corrected chi connectivity index (χ1v) is 10.7. The van der Waals surface area contributed by atoms with Crippen molar-refractivity contribution < 1.29 is 4.79 Å². The monoisotopic (exact) mass is 393 g/mol. The first kappa shape index (κ1) is 19.1. The summed E-state index contributed by atoms with van der Waals surface area (Å²) >= 11 is 1.57. The molecule has 1 fully saturated rings. The number of carbonyl (C=O) groups excluding carboxylic acids is 1. The van der Waals surface area contributed by atoms with Gasteiger partial charge in [-0.25, -0.2) is 0 Å². The molecule has 4 nitrogen and oxygen atoms in total. The van der Waals surface area contributed by atoms with Crippen LogP contribution in [0.25, 0.3) is 10.1 Å². The number of nitrogens with zero attached hydrogens (tertiary/aromatic N) is 2. The number of piperazine rings is 1. The van der Waals surface area contributed by atoms with Crippen molar-refractivity contribution in [3.05, 3.63) is 70.1 Å². The highest BCUT2D eigenvalue weighted by molar-refractivity contribution is 7.21. The van der Waals surface area contributed by atoms with Crippen LogP contribution in [0.4, 0.5) is 0 Å². The lowest BCUT2D eigenvalue weighted by Gasteiger charge is -2.32. The SMILES string of the molecule is Cc1c(C(=O)NCc2cccc(CN3CCN(C)CC3)c2)sc2ccccc12. The molecule has 1 N–H and O–H groups in total. The van der Waals surface area contributed by atoms with Crippen LogP contribution in [0.1, 0.15) is 26.4 Å². The van der Waals surface area contributed by atoms with Gasteiger partial charge in [-0.05, 0) is 42.1 Å². The highest BCUT2D eigenvalue weighted by Crippen LogP contribution is 2.30. The standard InChI is InChI=1S/C23H27N3OS/c1-17-20-8-3-4-9-21(20)28-22(17)23(27)24-15-18-6-5-7-19(14-18)16-26-12-10-25(2)11-13-26/h3-9,14H,10-13,15-16H2,1-2H3,(H,24,27). The topological polar surface area (TPSA) is 35.6 Å². The maximum absolute atomic E-state index is 12.7. The predicted molar refractivity (Wildman–Crippen MR) is 117 cm³/mol. The summed E-state index contributed by atoms with van der Waals surface area (Å²) in [5.41, 5.74) is 3.54. The highest BCUT2D eigenvalue weighted by atomic mass is 32.1. The van der Waals surface area contributed by atoms with Gasteiger partial charge in [-0.2, -0.15) is 0 Å². The van der Waals surface area contributed by atoms with Gasteiger partial charge >= 0.3 is 0 Å². The summed E-state index contributed by atoms with van der Waals surface area (Å²) in [5, 5.41) is 4.28. The van der Waals surface area contributed by atoms with Crippen LogP contribution in [0.3, 0.4) is 0 Å². The third-order valence-corrected chi connectivity index (χ3v) is 6.77.